The summed E-state index contributed by atoms with van der Waals surface area (Å²) in [6.07, 6.45) is 7.54. The number of hydrogen-bond acceptors (Lipinski definition) is 6. The van der Waals surface area contributed by atoms with Crippen LogP contribution in [0.5, 0.6) is 0 Å². The van der Waals surface area contributed by atoms with Crippen LogP contribution in [0.25, 0.3) is 0 Å². The van der Waals surface area contributed by atoms with Crippen LogP contribution < -0.4 is 0 Å². The molecule has 2 aromatic rings. The highest BCUT2D eigenvalue weighted by Crippen LogP contribution is 2.23. The van der Waals surface area contributed by atoms with Crippen molar-refractivity contribution in [2.24, 2.45) is 0 Å². The molecular formula is C18H20N2O5. The Balaban J connectivity index is 1.66. The molecule has 0 saturated carbocycles. The fourth-order valence-electron chi connectivity index (χ4n) is 2.71. The maximum atomic E-state index is 12.6. The molecule has 0 aromatic carbocycles. The maximum absolute atomic E-state index is 12.6. The molecule has 0 atom stereocenters. The summed E-state index contributed by atoms with van der Waals surface area (Å²) in [5.41, 5.74) is 1.52. The van der Waals surface area contributed by atoms with E-state index in [1.54, 1.807) is 24.2 Å². The highest BCUT2D eigenvalue weighted by Gasteiger charge is 2.23. The Bertz CT molecular complexity index is 760. The van der Waals surface area contributed by atoms with Crippen LogP contribution in [0.2, 0.25) is 0 Å². The lowest BCUT2D eigenvalue weighted by Crippen LogP contribution is -2.34. The molecule has 132 valence electrons. The summed E-state index contributed by atoms with van der Waals surface area (Å²) < 4.78 is 15.3. The van der Waals surface area contributed by atoms with Gasteiger partial charge < -0.3 is 18.6 Å². The lowest BCUT2D eigenvalue weighted by atomic mass is 10.0. The number of esters is 1. The standard InChI is InChI=1S/C18H20N2O5/c1-13-10-16(25-19-13)18(22)24-12-17(21)20(11-15-8-5-9-23-15)14-6-3-2-4-7-14/h5-6,8-10H,2-4,7,11-12H2,1H3. The van der Waals surface area contributed by atoms with Crippen molar-refractivity contribution in [3.8, 4) is 0 Å². The van der Waals surface area contributed by atoms with Crippen LogP contribution >= 0.6 is 0 Å². The van der Waals surface area contributed by atoms with E-state index < -0.39 is 5.97 Å². The predicted molar refractivity (Wildman–Crippen MR) is 87.3 cm³/mol. The minimum absolute atomic E-state index is 0.0141. The molecule has 7 nitrogen and oxygen atoms in total. The SMILES string of the molecule is Cc1cc(C(=O)OCC(=O)N(Cc2ccco2)C2=CCCCC2)on1. The van der Waals surface area contributed by atoms with Gasteiger partial charge in [0.05, 0.1) is 18.5 Å². The third-order valence-corrected chi connectivity index (χ3v) is 3.96. The van der Waals surface area contributed by atoms with Crippen LogP contribution in [-0.4, -0.2) is 28.5 Å². The molecular weight excluding hydrogens is 324 g/mol. The molecule has 0 spiro atoms. The average molecular weight is 344 g/mol. The first-order valence-corrected chi connectivity index (χ1v) is 8.25. The fraction of sp³-hybridized carbons (Fsp3) is 0.389. The number of furan rings is 1. The lowest BCUT2D eigenvalue weighted by molar-refractivity contribution is -0.133. The Morgan fingerprint density at radius 3 is 2.88 bits per heavy atom. The highest BCUT2D eigenvalue weighted by molar-refractivity contribution is 5.89. The highest BCUT2D eigenvalue weighted by atomic mass is 16.6. The second kappa shape index (κ2) is 7.83. The summed E-state index contributed by atoms with van der Waals surface area (Å²) in [5.74, 6) is -0.338. The van der Waals surface area contributed by atoms with Crippen LogP contribution in [0.1, 0.15) is 47.7 Å². The quantitative estimate of drug-likeness (QED) is 0.748. The van der Waals surface area contributed by atoms with Gasteiger partial charge in [0.15, 0.2) is 6.61 Å². The van der Waals surface area contributed by atoms with Crippen LogP contribution in [-0.2, 0) is 16.1 Å². The zero-order valence-electron chi connectivity index (χ0n) is 14.1. The summed E-state index contributed by atoms with van der Waals surface area (Å²) in [4.78, 5) is 26.2. The molecule has 0 fully saturated rings. The van der Waals surface area contributed by atoms with Gasteiger partial charge in [-0.05, 0) is 44.7 Å². The molecule has 25 heavy (non-hydrogen) atoms. The van der Waals surface area contributed by atoms with Crippen LogP contribution in [0, 0.1) is 6.92 Å². The molecule has 0 radical (unpaired) electrons. The minimum Gasteiger partial charge on any atom is -0.467 e. The number of carbonyl (C=O) groups excluding carboxylic acids is 2. The Hall–Kier alpha value is -2.83. The van der Waals surface area contributed by atoms with E-state index in [0.717, 1.165) is 31.4 Å². The largest absolute Gasteiger partial charge is 0.467 e. The van der Waals surface area contributed by atoms with Gasteiger partial charge in [0.25, 0.3) is 5.91 Å². The van der Waals surface area contributed by atoms with Gasteiger partial charge in [-0.1, -0.05) is 11.2 Å². The topological polar surface area (TPSA) is 85.8 Å². The van der Waals surface area contributed by atoms with Crippen molar-refractivity contribution < 1.29 is 23.3 Å². The third kappa shape index (κ3) is 4.37. The van der Waals surface area contributed by atoms with Crippen molar-refractivity contribution in [2.45, 2.75) is 39.2 Å². The zero-order valence-corrected chi connectivity index (χ0v) is 14.1. The maximum Gasteiger partial charge on any atom is 0.377 e. The molecule has 0 aliphatic heterocycles. The molecule has 1 aliphatic rings. The van der Waals surface area contributed by atoms with Gasteiger partial charge in [-0.2, -0.15) is 0 Å². The molecule has 0 N–H and O–H groups in total. The van der Waals surface area contributed by atoms with Crippen molar-refractivity contribution in [1.82, 2.24) is 10.1 Å². The zero-order chi connectivity index (χ0) is 17.6. The first-order valence-electron chi connectivity index (χ1n) is 8.25. The molecule has 1 amide bonds. The van der Waals surface area contributed by atoms with Gasteiger partial charge in [0.1, 0.15) is 5.76 Å². The number of ether oxygens (including phenoxy) is 1. The van der Waals surface area contributed by atoms with E-state index in [1.807, 2.05) is 6.07 Å². The summed E-state index contributed by atoms with van der Waals surface area (Å²) >= 11 is 0. The first kappa shape index (κ1) is 17.0. The fourth-order valence-corrected chi connectivity index (χ4v) is 2.71. The number of amides is 1. The van der Waals surface area contributed by atoms with Crippen molar-refractivity contribution in [3.05, 3.63) is 53.4 Å². The van der Waals surface area contributed by atoms with E-state index >= 15 is 0 Å². The summed E-state index contributed by atoms with van der Waals surface area (Å²) in [6, 6.07) is 5.06. The van der Waals surface area contributed by atoms with E-state index in [9.17, 15) is 9.59 Å². The van der Waals surface area contributed by atoms with E-state index in [1.165, 1.54) is 6.07 Å². The van der Waals surface area contributed by atoms with Crippen LogP contribution in [0.3, 0.4) is 0 Å². The van der Waals surface area contributed by atoms with Gasteiger partial charge in [-0.15, -0.1) is 0 Å². The molecule has 2 heterocycles. The van der Waals surface area contributed by atoms with Gasteiger partial charge in [0, 0.05) is 11.8 Å². The van der Waals surface area contributed by atoms with Crippen molar-refractivity contribution >= 4 is 11.9 Å². The number of nitrogens with zero attached hydrogens (tertiary/aromatic N) is 2. The predicted octanol–water partition coefficient (Wildman–Crippen LogP) is 3.22. The normalized spacial score (nSPS) is 14.0. The smallest absolute Gasteiger partial charge is 0.377 e. The molecule has 0 saturated heterocycles. The Labute approximate surface area is 145 Å². The third-order valence-electron chi connectivity index (χ3n) is 3.96. The lowest BCUT2D eigenvalue weighted by Gasteiger charge is -2.26. The monoisotopic (exact) mass is 344 g/mol. The van der Waals surface area contributed by atoms with E-state index in [2.05, 4.69) is 11.2 Å². The number of aryl methyl sites for hydroxylation is 1. The molecule has 2 aromatic heterocycles. The minimum atomic E-state index is -0.704. The van der Waals surface area contributed by atoms with Crippen LogP contribution in [0.15, 0.2) is 45.2 Å². The first-order chi connectivity index (χ1) is 12.1. The average Bonchev–Trinajstić information content (AvgIpc) is 3.29. The van der Waals surface area contributed by atoms with Gasteiger partial charge in [-0.25, -0.2) is 4.79 Å². The van der Waals surface area contributed by atoms with Crippen molar-refractivity contribution in [2.75, 3.05) is 6.61 Å². The van der Waals surface area contributed by atoms with Crippen molar-refractivity contribution in [1.29, 1.82) is 0 Å². The summed E-state index contributed by atoms with van der Waals surface area (Å²) in [6.45, 7) is 1.65. The molecule has 7 heteroatoms. The number of hydrogen-bond donors (Lipinski definition) is 0. The van der Waals surface area contributed by atoms with Crippen molar-refractivity contribution in [3.63, 3.8) is 0 Å². The molecule has 1 aliphatic carbocycles. The summed E-state index contributed by atoms with van der Waals surface area (Å²) in [5, 5.41) is 3.63. The molecule has 0 bridgehead atoms. The Morgan fingerprint density at radius 2 is 2.24 bits per heavy atom. The van der Waals surface area contributed by atoms with Gasteiger partial charge >= 0.3 is 5.97 Å². The Kier molecular flexibility index (Phi) is 5.33. The van der Waals surface area contributed by atoms with Crippen LogP contribution in [0.4, 0.5) is 0 Å². The van der Waals surface area contributed by atoms with Gasteiger partial charge in [0.2, 0.25) is 5.76 Å². The number of allylic oxidation sites excluding steroid dienone is 2. The number of rotatable bonds is 6. The molecule has 0 unspecified atom stereocenters. The number of aromatic nitrogens is 1. The second-order valence-electron chi connectivity index (χ2n) is 5.91. The Morgan fingerprint density at radius 1 is 1.36 bits per heavy atom. The molecule has 3 rings (SSSR count). The van der Waals surface area contributed by atoms with E-state index in [4.69, 9.17) is 13.7 Å². The number of carbonyl (C=O) groups is 2. The van der Waals surface area contributed by atoms with E-state index in [0.29, 0.717) is 18.0 Å². The summed E-state index contributed by atoms with van der Waals surface area (Å²) in [7, 11) is 0. The van der Waals surface area contributed by atoms with E-state index in [-0.39, 0.29) is 18.3 Å². The second-order valence-corrected chi connectivity index (χ2v) is 5.91. The van der Waals surface area contributed by atoms with Gasteiger partial charge in [-0.3, -0.25) is 4.79 Å².